The summed E-state index contributed by atoms with van der Waals surface area (Å²) in [7, 11) is 1.50. The molecule has 15 heavy (non-hydrogen) atoms. The Labute approximate surface area is 92.9 Å². The zero-order valence-corrected chi connectivity index (χ0v) is 10.3. The number of hydrogen-bond acceptors (Lipinski definition) is 2. The minimum Gasteiger partial charge on any atom is -0.333 e. The molecule has 1 aromatic rings. The largest absolute Gasteiger partial charge is 0.333 e. The molecule has 0 saturated carbocycles. The molecule has 2 N–H and O–H groups in total. The number of nitrogens with two attached hydrogens (primary N) is 1. The van der Waals surface area contributed by atoms with Gasteiger partial charge in [-0.05, 0) is 50.3 Å². The standard InChI is InChI=1S/C12H17N.CH5N/c1-8(2)11-7-10-5-4-6-12(10)13-9(11)3;1-2/h7-8H,4-6H2,1-3H3;2H2,1H3. The molecule has 0 aliphatic heterocycles. The molecule has 2 rings (SSSR count). The lowest BCUT2D eigenvalue weighted by Gasteiger charge is -2.11. The smallest absolute Gasteiger partial charge is 0.0439 e. The second-order valence-electron chi connectivity index (χ2n) is 4.28. The van der Waals surface area contributed by atoms with E-state index in [1.807, 2.05) is 0 Å². The summed E-state index contributed by atoms with van der Waals surface area (Å²) in [5.74, 6) is 0.610. The highest BCUT2D eigenvalue weighted by Crippen LogP contribution is 2.26. The zero-order valence-electron chi connectivity index (χ0n) is 10.3. The summed E-state index contributed by atoms with van der Waals surface area (Å²) < 4.78 is 0. The van der Waals surface area contributed by atoms with Crippen LogP contribution in [0.25, 0.3) is 0 Å². The van der Waals surface area contributed by atoms with Gasteiger partial charge in [-0.1, -0.05) is 19.9 Å². The van der Waals surface area contributed by atoms with Crippen LogP contribution >= 0.6 is 0 Å². The maximum Gasteiger partial charge on any atom is 0.0439 e. The third-order valence-electron chi connectivity index (χ3n) is 2.90. The lowest BCUT2D eigenvalue weighted by atomic mass is 9.99. The van der Waals surface area contributed by atoms with Crippen LogP contribution in [0.15, 0.2) is 6.07 Å². The minimum absolute atomic E-state index is 0.610. The quantitative estimate of drug-likeness (QED) is 0.767. The summed E-state index contributed by atoms with van der Waals surface area (Å²) in [5.41, 5.74) is 10.0. The normalized spacial score (nSPS) is 13.5. The van der Waals surface area contributed by atoms with E-state index in [0.717, 1.165) is 0 Å². The van der Waals surface area contributed by atoms with Gasteiger partial charge in [0, 0.05) is 11.4 Å². The van der Waals surface area contributed by atoms with Crippen LogP contribution in [-0.4, -0.2) is 12.0 Å². The Morgan fingerprint density at radius 1 is 1.27 bits per heavy atom. The number of aryl methyl sites for hydroxylation is 3. The highest BCUT2D eigenvalue weighted by molar-refractivity contribution is 5.34. The van der Waals surface area contributed by atoms with Crippen LogP contribution in [0.3, 0.4) is 0 Å². The van der Waals surface area contributed by atoms with E-state index in [-0.39, 0.29) is 0 Å². The fourth-order valence-electron chi connectivity index (χ4n) is 2.18. The number of hydrogen-bond donors (Lipinski definition) is 1. The Morgan fingerprint density at radius 2 is 1.93 bits per heavy atom. The van der Waals surface area contributed by atoms with Gasteiger partial charge >= 0.3 is 0 Å². The lowest BCUT2D eigenvalue weighted by molar-refractivity contribution is 0.834. The van der Waals surface area contributed by atoms with Crippen LogP contribution in [0.5, 0.6) is 0 Å². The molecule has 0 bridgehead atoms. The van der Waals surface area contributed by atoms with Crippen molar-refractivity contribution in [2.24, 2.45) is 5.73 Å². The zero-order chi connectivity index (χ0) is 11.4. The van der Waals surface area contributed by atoms with Crippen molar-refractivity contribution in [3.63, 3.8) is 0 Å². The fourth-order valence-corrected chi connectivity index (χ4v) is 2.18. The summed E-state index contributed by atoms with van der Waals surface area (Å²) in [6.45, 7) is 6.62. The molecule has 0 radical (unpaired) electrons. The number of rotatable bonds is 1. The predicted molar refractivity (Wildman–Crippen MR) is 65.2 cm³/mol. The lowest BCUT2D eigenvalue weighted by Crippen LogP contribution is -1.99. The van der Waals surface area contributed by atoms with Gasteiger partial charge in [0.2, 0.25) is 0 Å². The van der Waals surface area contributed by atoms with E-state index < -0.39 is 0 Å². The van der Waals surface area contributed by atoms with Crippen LogP contribution in [0.2, 0.25) is 0 Å². The Bertz CT molecular complexity index is 330. The molecule has 2 heteroatoms. The Hall–Kier alpha value is -0.890. The fraction of sp³-hybridized carbons (Fsp3) is 0.615. The van der Waals surface area contributed by atoms with Gasteiger partial charge < -0.3 is 5.73 Å². The molecule has 0 saturated heterocycles. The summed E-state index contributed by atoms with van der Waals surface area (Å²) >= 11 is 0. The number of nitrogens with zero attached hydrogens (tertiary/aromatic N) is 1. The van der Waals surface area contributed by atoms with Gasteiger partial charge in [0.15, 0.2) is 0 Å². The first-order chi connectivity index (χ1) is 7.18. The second kappa shape index (κ2) is 5.26. The molecule has 1 aliphatic carbocycles. The van der Waals surface area contributed by atoms with Gasteiger partial charge in [0.1, 0.15) is 0 Å². The molecule has 2 nitrogen and oxygen atoms in total. The molecule has 0 fully saturated rings. The Kier molecular flexibility index (Phi) is 4.28. The topological polar surface area (TPSA) is 38.9 Å². The van der Waals surface area contributed by atoms with Crippen LogP contribution in [-0.2, 0) is 12.8 Å². The van der Waals surface area contributed by atoms with Gasteiger partial charge in [-0.2, -0.15) is 0 Å². The SMILES string of the molecule is CN.Cc1nc2c(cc1C(C)C)CCC2. The first-order valence-electron chi connectivity index (χ1n) is 5.75. The van der Waals surface area contributed by atoms with Crippen molar-refractivity contribution in [2.75, 3.05) is 7.05 Å². The van der Waals surface area contributed by atoms with Gasteiger partial charge in [-0.15, -0.1) is 0 Å². The molecule has 0 aromatic carbocycles. The van der Waals surface area contributed by atoms with Crippen molar-refractivity contribution in [2.45, 2.75) is 46.0 Å². The van der Waals surface area contributed by atoms with Gasteiger partial charge in [-0.25, -0.2) is 0 Å². The first kappa shape index (κ1) is 12.2. The molecular formula is C13H22N2. The van der Waals surface area contributed by atoms with Crippen molar-refractivity contribution < 1.29 is 0 Å². The number of aromatic nitrogens is 1. The summed E-state index contributed by atoms with van der Waals surface area (Å²) in [6, 6.07) is 2.37. The van der Waals surface area contributed by atoms with Crippen LogP contribution in [0, 0.1) is 6.92 Å². The van der Waals surface area contributed by atoms with E-state index in [0.29, 0.717) is 5.92 Å². The molecule has 84 valence electrons. The molecule has 1 heterocycles. The highest BCUT2D eigenvalue weighted by Gasteiger charge is 2.15. The van der Waals surface area contributed by atoms with Crippen molar-refractivity contribution in [1.29, 1.82) is 0 Å². The maximum absolute atomic E-state index is 4.67. The van der Waals surface area contributed by atoms with Gasteiger partial charge in [0.25, 0.3) is 0 Å². The van der Waals surface area contributed by atoms with E-state index in [2.05, 4.69) is 37.6 Å². The van der Waals surface area contributed by atoms with Gasteiger partial charge in [0.05, 0.1) is 0 Å². The summed E-state index contributed by atoms with van der Waals surface area (Å²) in [5, 5.41) is 0. The van der Waals surface area contributed by atoms with Crippen LogP contribution < -0.4 is 5.73 Å². The minimum atomic E-state index is 0.610. The monoisotopic (exact) mass is 206 g/mol. The third-order valence-corrected chi connectivity index (χ3v) is 2.90. The summed E-state index contributed by atoms with van der Waals surface area (Å²) in [6.07, 6.45) is 3.72. The molecule has 0 amide bonds. The Balaban J connectivity index is 0.000000531. The van der Waals surface area contributed by atoms with Crippen LogP contribution in [0.4, 0.5) is 0 Å². The number of pyridine rings is 1. The van der Waals surface area contributed by atoms with E-state index >= 15 is 0 Å². The highest BCUT2D eigenvalue weighted by atomic mass is 14.7. The van der Waals surface area contributed by atoms with E-state index in [1.54, 1.807) is 0 Å². The van der Waals surface area contributed by atoms with Gasteiger partial charge in [-0.3, -0.25) is 4.98 Å². The Morgan fingerprint density at radius 3 is 2.53 bits per heavy atom. The van der Waals surface area contributed by atoms with Crippen LogP contribution in [0.1, 0.15) is 48.7 Å². The van der Waals surface area contributed by atoms with Crippen molar-refractivity contribution in [1.82, 2.24) is 4.98 Å². The van der Waals surface area contributed by atoms with Crippen molar-refractivity contribution in [3.05, 3.63) is 28.6 Å². The molecule has 0 spiro atoms. The molecule has 0 unspecified atom stereocenters. The molecular weight excluding hydrogens is 184 g/mol. The third kappa shape index (κ3) is 2.57. The van der Waals surface area contributed by atoms with E-state index in [4.69, 9.17) is 0 Å². The summed E-state index contributed by atoms with van der Waals surface area (Å²) in [4.78, 5) is 4.67. The number of fused-ring (bicyclic) bond motifs is 1. The van der Waals surface area contributed by atoms with E-state index in [1.165, 1.54) is 48.8 Å². The molecule has 1 aromatic heterocycles. The van der Waals surface area contributed by atoms with E-state index in [9.17, 15) is 0 Å². The predicted octanol–water partition coefficient (Wildman–Crippen LogP) is 2.58. The average Bonchev–Trinajstić information content (AvgIpc) is 2.66. The average molecular weight is 206 g/mol. The van der Waals surface area contributed by atoms with Crippen molar-refractivity contribution >= 4 is 0 Å². The van der Waals surface area contributed by atoms with Crippen molar-refractivity contribution in [3.8, 4) is 0 Å². The molecule has 0 atom stereocenters. The second-order valence-corrected chi connectivity index (χ2v) is 4.28. The molecule has 1 aliphatic rings. The maximum atomic E-state index is 4.67. The first-order valence-corrected chi connectivity index (χ1v) is 5.75.